The molecule has 130 valence electrons. The summed E-state index contributed by atoms with van der Waals surface area (Å²) in [6, 6.07) is 13.0. The number of rotatable bonds is 6. The first-order chi connectivity index (χ1) is 12.0. The van der Waals surface area contributed by atoms with Crippen molar-refractivity contribution in [2.45, 2.75) is 26.2 Å². The quantitative estimate of drug-likeness (QED) is 0.643. The Balaban J connectivity index is 1.57. The van der Waals surface area contributed by atoms with E-state index in [1.54, 1.807) is 18.2 Å². The third-order valence-electron chi connectivity index (χ3n) is 4.23. The fourth-order valence-electron chi connectivity index (χ4n) is 2.58. The summed E-state index contributed by atoms with van der Waals surface area (Å²) in [5.74, 6) is 0.906. The van der Waals surface area contributed by atoms with Crippen LogP contribution in [0.25, 0.3) is 11.0 Å². The lowest BCUT2D eigenvalue weighted by Gasteiger charge is -2.11. The van der Waals surface area contributed by atoms with Gasteiger partial charge >= 0.3 is 5.69 Å². The van der Waals surface area contributed by atoms with Gasteiger partial charge in [0.25, 0.3) is 5.91 Å². The molecule has 1 atom stereocenters. The molecule has 1 heterocycles. The maximum Gasteiger partial charge on any atom is 0.323 e. The van der Waals surface area contributed by atoms with Crippen molar-refractivity contribution in [1.82, 2.24) is 9.97 Å². The largest absolute Gasteiger partial charge is 0.484 e. The minimum absolute atomic E-state index is 0.0790. The second-order valence-electron chi connectivity index (χ2n) is 6.05. The first kappa shape index (κ1) is 16.8. The zero-order valence-electron chi connectivity index (χ0n) is 14.3. The summed E-state index contributed by atoms with van der Waals surface area (Å²) in [5.41, 5.74) is 2.92. The van der Waals surface area contributed by atoms with Gasteiger partial charge in [0.1, 0.15) is 5.75 Å². The molecule has 25 heavy (non-hydrogen) atoms. The van der Waals surface area contributed by atoms with E-state index in [-0.39, 0.29) is 18.2 Å². The molecular formula is C19H21N3O3. The lowest BCUT2D eigenvalue weighted by Crippen LogP contribution is -2.20. The van der Waals surface area contributed by atoms with E-state index < -0.39 is 0 Å². The predicted octanol–water partition coefficient (Wildman–Crippen LogP) is 3.39. The summed E-state index contributed by atoms with van der Waals surface area (Å²) in [6.45, 7) is 4.25. The van der Waals surface area contributed by atoms with Crippen molar-refractivity contribution < 1.29 is 9.53 Å². The highest BCUT2D eigenvalue weighted by molar-refractivity contribution is 5.93. The third kappa shape index (κ3) is 4.09. The van der Waals surface area contributed by atoms with E-state index in [1.165, 1.54) is 5.56 Å². The number of hydrogen-bond acceptors (Lipinski definition) is 3. The van der Waals surface area contributed by atoms with Gasteiger partial charge in [0, 0.05) is 5.69 Å². The van der Waals surface area contributed by atoms with Gasteiger partial charge in [-0.3, -0.25) is 4.79 Å². The molecule has 0 saturated heterocycles. The summed E-state index contributed by atoms with van der Waals surface area (Å²) in [6.07, 6.45) is 1.08. The van der Waals surface area contributed by atoms with Crippen LogP contribution in [0.5, 0.6) is 5.75 Å². The van der Waals surface area contributed by atoms with Gasteiger partial charge in [-0.05, 0) is 48.2 Å². The molecule has 3 N–H and O–H groups in total. The van der Waals surface area contributed by atoms with Gasteiger partial charge in [0.2, 0.25) is 0 Å². The zero-order valence-corrected chi connectivity index (χ0v) is 14.3. The van der Waals surface area contributed by atoms with Crippen LogP contribution in [0.15, 0.2) is 47.3 Å². The van der Waals surface area contributed by atoms with Crippen LogP contribution in [0.1, 0.15) is 31.7 Å². The first-order valence-corrected chi connectivity index (χ1v) is 8.30. The van der Waals surface area contributed by atoms with E-state index in [9.17, 15) is 9.59 Å². The topological polar surface area (TPSA) is 87.0 Å². The van der Waals surface area contributed by atoms with Gasteiger partial charge in [-0.2, -0.15) is 0 Å². The Kier molecular flexibility index (Phi) is 4.88. The Morgan fingerprint density at radius 2 is 1.84 bits per heavy atom. The third-order valence-corrected chi connectivity index (χ3v) is 4.23. The lowest BCUT2D eigenvalue weighted by molar-refractivity contribution is -0.118. The highest BCUT2D eigenvalue weighted by Crippen LogP contribution is 2.21. The molecule has 0 aliphatic carbocycles. The predicted molar refractivity (Wildman–Crippen MR) is 98.2 cm³/mol. The van der Waals surface area contributed by atoms with E-state index in [4.69, 9.17) is 4.74 Å². The average molecular weight is 339 g/mol. The SMILES string of the molecule is CC[C@H](C)c1ccc(OCC(=O)Nc2ccc3[nH]c(=O)[nH]c3c2)cc1. The van der Waals surface area contributed by atoms with E-state index in [1.807, 2.05) is 24.3 Å². The molecule has 0 aliphatic heterocycles. The second kappa shape index (κ2) is 7.25. The molecule has 3 rings (SSSR count). The van der Waals surface area contributed by atoms with E-state index >= 15 is 0 Å². The molecule has 3 aromatic rings. The number of nitrogens with one attached hydrogen (secondary N) is 3. The second-order valence-corrected chi connectivity index (χ2v) is 6.05. The van der Waals surface area contributed by atoms with Crippen LogP contribution in [0.4, 0.5) is 5.69 Å². The summed E-state index contributed by atoms with van der Waals surface area (Å²) < 4.78 is 5.52. The van der Waals surface area contributed by atoms with Crippen molar-refractivity contribution in [3.8, 4) is 5.75 Å². The number of benzene rings is 2. The molecule has 0 aliphatic rings. The number of carbonyl (C=O) groups is 1. The van der Waals surface area contributed by atoms with E-state index in [0.717, 1.165) is 6.42 Å². The van der Waals surface area contributed by atoms with Crippen LogP contribution in [0.3, 0.4) is 0 Å². The molecule has 6 nitrogen and oxygen atoms in total. The van der Waals surface area contributed by atoms with Gasteiger partial charge in [-0.15, -0.1) is 0 Å². The first-order valence-electron chi connectivity index (χ1n) is 8.30. The summed E-state index contributed by atoms with van der Waals surface area (Å²) in [4.78, 5) is 28.6. The number of carbonyl (C=O) groups excluding carboxylic acids is 1. The molecule has 1 amide bonds. The smallest absolute Gasteiger partial charge is 0.323 e. The van der Waals surface area contributed by atoms with Crippen LogP contribution in [0, 0.1) is 0 Å². The van der Waals surface area contributed by atoms with Gasteiger partial charge < -0.3 is 20.0 Å². The number of aromatic amines is 2. The van der Waals surface area contributed by atoms with Gasteiger partial charge in [0.15, 0.2) is 6.61 Å². The fraction of sp³-hybridized carbons (Fsp3) is 0.263. The Hall–Kier alpha value is -3.02. The van der Waals surface area contributed by atoms with Crippen molar-refractivity contribution in [3.63, 3.8) is 0 Å². The molecule has 6 heteroatoms. The highest BCUT2D eigenvalue weighted by Gasteiger charge is 2.07. The van der Waals surface area contributed by atoms with Crippen LogP contribution in [-0.2, 0) is 4.79 Å². The normalized spacial score (nSPS) is 12.1. The Morgan fingerprint density at radius 3 is 2.56 bits per heavy atom. The number of aromatic nitrogens is 2. The van der Waals surface area contributed by atoms with Crippen LogP contribution in [-0.4, -0.2) is 22.5 Å². The van der Waals surface area contributed by atoms with Crippen LogP contribution in [0.2, 0.25) is 0 Å². The minimum Gasteiger partial charge on any atom is -0.484 e. The van der Waals surface area contributed by atoms with Crippen LogP contribution < -0.4 is 15.7 Å². The van der Waals surface area contributed by atoms with Crippen LogP contribution >= 0.6 is 0 Å². The van der Waals surface area contributed by atoms with Gasteiger partial charge in [0.05, 0.1) is 11.0 Å². The van der Waals surface area contributed by atoms with Crippen molar-refractivity contribution in [1.29, 1.82) is 0 Å². The molecule has 2 aromatic carbocycles. The van der Waals surface area contributed by atoms with E-state index in [0.29, 0.717) is 28.4 Å². The number of H-pyrrole nitrogens is 2. The molecule has 0 unspecified atom stereocenters. The molecule has 0 saturated carbocycles. The number of amides is 1. The molecule has 0 fully saturated rings. The number of ether oxygens (including phenoxy) is 1. The summed E-state index contributed by atoms with van der Waals surface area (Å²) in [5, 5.41) is 2.75. The van der Waals surface area contributed by atoms with Crippen molar-refractivity contribution in [2.24, 2.45) is 0 Å². The Labute approximate surface area is 145 Å². The summed E-state index contributed by atoms with van der Waals surface area (Å²) in [7, 11) is 0. The van der Waals surface area contributed by atoms with Crippen molar-refractivity contribution in [3.05, 3.63) is 58.5 Å². The highest BCUT2D eigenvalue weighted by atomic mass is 16.5. The molecule has 0 spiro atoms. The monoisotopic (exact) mass is 339 g/mol. The maximum atomic E-state index is 12.0. The van der Waals surface area contributed by atoms with E-state index in [2.05, 4.69) is 29.1 Å². The number of anilines is 1. The fourth-order valence-corrected chi connectivity index (χ4v) is 2.58. The number of imidazole rings is 1. The molecule has 0 radical (unpaired) electrons. The Bertz CT molecular complexity index is 925. The molecule has 1 aromatic heterocycles. The standard InChI is InChI=1S/C19H21N3O3/c1-3-12(2)13-4-7-15(8-5-13)25-11-18(23)20-14-6-9-16-17(10-14)22-19(24)21-16/h4-10,12H,3,11H2,1-2H3,(H,20,23)(H2,21,22,24)/t12-/m0/s1. The Morgan fingerprint density at radius 1 is 1.12 bits per heavy atom. The van der Waals surface area contributed by atoms with Crippen molar-refractivity contribution in [2.75, 3.05) is 11.9 Å². The number of hydrogen-bond donors (Lipinski definition) is 3. The van der Waals surface area contributed by atoms with Gasteiger partial charge in [-0.1, -0.05) is 26.0 Å². The lowest BCUT2D eigenvalue weighted by atomic mass is 9.99. The minimum atomic E-state index is -0.275. The maximum absolute atomic E-state index is 12.0. The molecular weight excluding hydrogens is 318 g/mol. The average Bonchev–Trinajstić information content (AvgIpc) is 2.99. The zero-order chi connectivity index (χ0) is 17.8. The molecule has 0 bridgehead atoms. The van der Waals surface area contributed by atoms with Crippen molar-refractivity contribution >= 4 is 22.6 Å². The number of fused-ring (bicyclic) bond motifs is 1. The van der Waals surface area contributed by atoms with Gasteiger partial charge in [-0.25, -0.2) is 4.79 Å². The summed E-state index contributed by atoms with van der Waals surface area (Å²) >= 11 is 0.